The van der Waals surface area contributed by atoms with Crippen LogP contribution in [0.1, 0.15) is 53.4 Å². The number of hydrogen-bond donors (Lipinski definition) is 1. The van der Waals surface area contributed by atoms with Gasteiger partial charge in [0.1, 0.15) is 5.54 Å². The van der Waals surface area contributed by atoms with Crippen molar-refractivity contribution in [2.24, 2.45) is 0 Å². The van der Waals surface area contributed by atoms with E-state index < -0.39 is 0 Å². The zero-order valence-electron chi connectivity index (χ0n) is 12.4. The zero-order valence-corrected chi connectivity index (χ0v) is 12.4. The maximum Gasteiger partial charge on any atom is 0.106 e. The second-order valence-electron chi connectivity index (χ2n) is 5.49. The van der Waals surface area contributed by atoms with Gasteiger partial charge in [0, 0.05) is 5.54 Å². The second-order valence-corrected chi connectivity index (χ2v) is 5.49. The first-order chi connectivity index (χ1) is 7.87. The first-order valence-corrected chi connectivity index (χ1v) is 6.69. The van der Waals surface area contributed by atoms with Crippen molar-refractivity contribution in [1.82, 2.24) is 10.2 Å². The number of hydrogen-bond acceptors (Lipinski definition) is 3. The van der Waals surface area contributed by atoms with Crippen molar-refractivity contribution in [1.29, 1.82) is 5.26 Å². The van der Waals surface area contributed by atoms with Crippen LogP contribution in [0.15, 0.2) is 0 Å². The van der Waals surface area contributed by atoms with Gasteiger partial charge in [0.15, 0.2) is 0 Å². The first kappa shape index (κ1) is 16.4. The molecule has 3 heteroatoms. The molecule has 0 radical (unpaired) electrons. The van der Waals surface area contributed by atoms with Gasteiger partial charge < -0.3 is 10.2 Å². The van der Waals surface area contributed by atoms with E-state index in [1.807, 2.05) is 7.05 Å². The van der Waals surface area contributed by atoms with Gasteiger partial charge >= 0.3 is 0 Å². The molecule has 1 N–H and O–H groups in total. The number of nitrogens with one attached hydrogen (secondary N) is 1. The van der Waals surface area contributed by atoms with Crippen LogP contribution in [0.25, 0.3) is 0 Å². The molecule has 0 amide bonds. The summed E-state index contributed by atoms with van der Waals surface area (Å²) < 4.78 is 0. The molecule has 0 saturated heterocycles. The van der Waals surface area contributed by atoms with Crippen molar-refractivity contribution in [3.8, 4) is 6.07 Å². The second kappa shape index (κ2) is 6.98. The average molecular weight is 239 g/mol. The molecule has 0 heterocycles. The highest BCUT2D eigenvalue weighted by Crippen LogP contribution is 2.20. The predicted molar refractivity (Wildman–Crippen MR) is 73.9 cm³/mol. The molecule has 0 rings (SSSR count). The van der Waals surface area contributed by atoms with E-state index in [1.165, 1.54) is 0 Å². The molecule has 0 bridgehead atoms. The van der Waals surface area contributed by atoms with Crippen molar-refractivity contribution in [3.63, 3.8) is 0 Å². The van der Waals surface area contributed by atoms with Crippen LogP contribution in [0.4, 0.5) is 0 Å². The molecule has 0 fully saturated rings. The van der Waals surface area contributed by atoms with Crippen molar-refractivity contribution < 1.29 is 0 Å². The number of rotatable bonds is 8. The van der Waals surface area contributed by atoms with Crippen molar-refractivity contribution in [2.75, 3.05) is 20.6 Å². The van der Waals surface area contributed by atoms with Gasteiger partial charge in [-0.1, -0.05) is 13.8 Å². The lowest BCUT2D eigenvalue weighted by Gasteiger charge is -2.35. The van der Waals surface area contributed by atoms with Crippen LogP contribution in [-0.4, -0.2) is 36.6 Å². The minimum atomic E-state index is -0.336. The lowest BCUT2D eigenvalue weighted by molar-refractivity contribution is 0.145. The highest BCUT2D eigenvalue weighted by molar-refractivity contribution is 5.05. The Morgan fingerprint density at radius 2 is 1.82 bits per heavy atom. The number of nitrogens with zero attached hydrogens (tertiary/aromatic N) is 2. The molecule has 0 spiro atoms. The summed E-state index contributed by atoms with van der Waals surface area (Å²) in [5.74, 6) is 0. The van der Waals surface area contributed by atoms with Gasteiger partial charge in [0.05, 0.1) is 6.07 Å². The van der Waals surface area contributed by atoms with Crippen LogP contribution in [0.5, 0.6) is 0 Å². The maximum atomic E-state index is 9.22. The summed E-state index contributed by atoms with van der Waals surface area (Å²) in [4.78, 5) is 2.39. The van der Waals surface area contributed by atoms with Crippen LogP contribution in [-0.2, 0) is 0 Å². The van der Waals surface area contributed by atoms with Crippen LogP contribution in [0.3, 0.4) is 0 Å². The van der Waals surface area contributed by atoms with Crippen molar-refractivity contribution >= 4 is 0 Å². The highest BCUT2D eigenvalue weighted by atomic mass is 15.2. The predicted octanol–water partition coefficient (Wildman–Crippen LogP) is 2.78. The monoisotopic (exact) mass is 239 g/mol. The van der Waals surface area contributed by atoms with Gasteiger partial charge in [-0.3, -0.25) is 0 Å². The largest absolute Gasteiger partial charge is 0.302 e. The molecule has 0 aromatic carbocycles. The molecule has 17 heavy (non-hydrogen) atoms. The molecule has 0 aliphatic carbocycles. The molecule has 3 nitrogen and oxygen atoms in total. The fourth-order valence-electron chi connectivity index (χ4n) is 1.86. The fourth-order valence-corrected chi connectivity index (χ4v) is 1.86. The van der Waals surface area contributed by atoms with Crippen molar-refractivity contribution in [3.05, 3.63) is 0 Å². The number of nitriles is 1. The van der Waals surface area contributed by atoms with Crippen molar-refractivity contribution in [2.45, 2.75) is 64.5 Å². The average Bonchev–Trinajstić information content (AvgIpc) is 2.35. The van der Waals surface area contributed by atoms with Gasteiger partial charge in [0.25, 0.3) is 0 Å². The molecule has 0 aromatic rings. The SMILES string of the molecule is CCC(C#N)(CCCN(C)C(C)(C)CC)NC. The maximum absolute atomic E-state index is 9.22. The summed E-state index contributed by atoms with van der Waals surface area (Å²) in [7, 11) is 4.05. The Balaban J connectivity index is 4.20. The Hall–Kier alpha value is -0.590. The molecule has 0 aliphatic heterocycles. The van der Waals surface area contributed by atoms with E-state index in [0.29, 0.717) is 0 Å². The van der Waals surface area contributed by atoms with Crippen LogP contribution >= 0.6 is 0 Å². The Morgan fingerprint density at radius 1 is 1.24 bits per heavy atom. The standard InChI is InChI=1S/C14H29N3/c1-7-13(3,4)17(6)11-9-10-14(8-2,12-15)16-5/h16H,7-11H2,1-6H3. The molecule has 0 aliphatic rings. The molecule has 0 aromatic heterocycles. The minimum Gasteiger partial charge on any atom is -0.302 e. The Labute approximate surface area is 107 Å². The molecular formula is C14H29N3. The van der Waals surface area contributed by atoms with E-state index in [0.717, 1.165) is 32.2 Å². The van der Waals surface area contributed by atoms with E-state index >= 15 is 0 Å². The van der Waals surface area contributed by atoms with E-state index in [-0.39, 0.29) is 11.1 Å². The van der Waals surface area contributed by atoms with Gasteiger partial charge in [-0.05, 0) is 60.2 Å². The highest BCUT2D eigenvalue weighted by Gasteiger charge is 2.26. The molecule has 1 unspecified atom stereocenters. The third kappa shape index (κ3) is 4.65. The van der Waals surface area contributed by atoms with Gasteiger partial charge in [-0.25, -0.2) is 0 Å². The van der Waals surface area contributed by atoms with E-state index in [2.05, 4.69) is 51.0 Å². The van der Waals surface area contributed by atoms with E-state index in [4.69, 9.17) is 0 Å². The Kier molecular flexibility index (Phi) is 6.74. The minimum absolute atomic E-state index is 0.251. The zero-order chi connectivity index (χ0) is 13.5. The van der Waals surface area contributed by atoms with Crippen LogP contribution in [0.2, 0.25) is 0 Å². The summed E-state index contributed by atoms with van der Waals surface area (Å²) in [6.07, 6.45) is 3.98. The van der Waals surface area contributed by atoms with Crippen LogP contribution < -0.4 is 5.32 Å². The van der Waals surface area contributed by atoms with Gasteiger partial charge in [0.2, 0.25) is 0 Å². The Bertz CT molecular complexity index is 249. The normalized spacial score (nSPS) is 15.6. The van der Waals surface area contributed by atoms with Gasteiger partial charge in [-0.15, -0.1) is 0 Å². The van der Waals surface area contributed by atoms with E-state index in [1.54, 1.807) is 0 Å². The summed E-state index contributed by atoms with van der Waals surface area (Å²) >= 11 is 0. The summed E-state index contributed by atoms with van der Waals surface area (Å²) in [6.45, 7) is 9.87. The quantitative estimate of drug-likeness (QED) is 0.708. The molecule has 1 atom stereocenters. The fraction of sp³-hybridized carbons (Fsp3) is 0.929. The first-order valence-electron chi connectivity index (χ1n) is 6.69. The summed E-state index contributed by atoms with van der Waals surface area (Å²) in [5, 5.41) is 12.4. The van der Waals surface area contributed by atoms with Gasteiger partial charge in [-0.2, -0.15) is 5.26 Å². The smallest absolute Gasteiger partial charge is 0.106 e. The summed E-state index contributed by atoms with van der Waals surface area (Å²) in [5.41, 5.74) is -0.0850. The molecular weight excluding hydrogens is 210 g/mol. The summed E-state index contributed by atoms with van der Waals surface area (Å²) in [6, 6.07) is 2.41. The molecule has 100 valence electrons. The molecule has 0 saturated carbocycles. The van der Waals surface area contributed by atoms with Crippen LogP contribution in [0, 0.1) is 11.3 Å². The Morgan fingerprint density at radius 3 is 2.18 bits per heavy atom. The third-order valence-corrected chi connectivity index (χ3v) is 4.29. The third-order valence-electron chi connectivity index (χ3n) is 4.29. The topological polar surface area (TPSA) is 39.1 Å². The van der Waals surface area contributed by atoms with E-state index in [9.17, 15) is 5.26 Å². The lowest BCUT2D eigenvalue weighted by atomic mass is 9.91. The lowest BCUT2D eigenvalue weighted by Crippen LogP contribution is -2.44.